The Balaban J connectivity index is 2.04. The van der Waals surface area contributed by atoms with E-state index in [2.05, 4.69) is 5.32 Å². The van der Waals surface area contributed by atoms with Crippen LogP contribution in [-0.2, 0) is 9.53 Å². The number of nitrogens with one attached hydrogen (secondary N) is 1. The highest BCUT2D eigenvalue weighted by atomic mass is 16.5. The van der Waals surface area contributed by atoms with Crippen LogP contribution in [-0.4, -0.2) is 48.6 Å². The van der Waals surface area contributed by atoms with Crippen molar-refractivity contribution in [1.29, 1.82) is 0 Å². The molecule has 0 saturated carbocycles. The summed E-state index contributed by atoms with van der Waals surface area (Å²) in [5, 5.41) is 2.64. The largest absolute Gasteiger partial charge is 0.372 e. The number of rotatable bonds is 3. The molecule has 0 spiro atoms. The van der Waals surface area contributed by atoms with Gasteiger partial charge in [-0.1, -0.05) is 0 Å². The zero-order valence-electron chi connectivity index (χ0n) is 12.3. The van der Waals surface area contributed by atoms with Crippen molar-refractivity contribution in [2.24, 2.45) is 5.73 Å². The maximum Gasteiger partial charge on any atom is 0.254 e. The Kier molecular flexibility index (Phi) is 4.93. The van der Waals surface area contributed by atoms with Gasteiger partial charge in [-0.3, -0.25) is 9.59 Å². The van der Waals surface area contributed by atoms with Crippen LogP contribution in [0.2, 0.25) is 0 Å². The van der Waals surface area contributed by atoms with E-state index in [1.807, 2.05) is 13.8 Å². The number of hydrogen-bond donors (Lipinski definition) is 2. The first-order valence-electron chi connectivity index (χ1n) is 7.04. The fourth-order valence-corrected chi connectivity index (χ4v) is 2.43. The summed E-state index contributed by atoms with van der Waals surface area (Å²) in [4.78, 5) is 25.4. The molecule has 1 aromatic carbocycles. The molecular formula is C15H21N3O3. The lowest BCUT2D eigenvalue weighted by Gasteiger charge is -2.35. The summed E-state index contributed by atoms with van der Waals surface area (Å²) in [7, 11) is 0. The number of nitrogens with two attached hydrogens (primary N) is 1. The molecule has 1 fully saturated rings. The highest BCUT2D eigenvalue weighted by Crippen LogP contribution is 2.16. The van der Waals surface area contributed by atoms with Gasteiger partial charge in [0.2, 0.25) is 5.91 Å². The third-order valence-electron chi connectivity index (χ3n) is 3.31. The van der Waals surface area contributed by atoms with Crippen LogP contribution in [0.5, 0.6) is 0 Å². The quantitative estimate of drug-likeness (QED) is 0.864. The molecular weight excluding hydrogens is 270 g/mol. The van der Waals surface area contributed by atoms with E-state index in [1.165, 1.54) is 0 Å². The number of benzene rings is 1. The van der Waals surface area contributed by atoms with Crippen LogP contribution in [0.15, 0.2) is 24.3 Å². The Hall–Kier alpha value is -1.92. The minimum atomic E-state index is -0.259. The summed E-state index contributed by atoms with van der Waals surface area (Å²) in [6.07, 6.45) is 0.0848. The van der Waals surface area contributed by atoms with Crippen LogP contribution in [0.4, 0.5) is 5.69 Å². The maximum absolute atomic E-state index is 12.4. The lowest BCUT2D eigenvalue weighted by Crippen LogP contribution is -2.48. The Labute approximate surface area is 124 Å². The Morgan fingerprint density at radius 3 is 2.33 bits per heavy atom. The molecule has 21 heavy (non-hydrogen) atoms. The van der Waals surface area contributed by atoms with E-state index in [0.29, 0.717) is 24.3 Å². The smallest absolute Gasteiger partial charge is 0.254 e. The molecule has 2 unspecified atom stereocenters. The average Bonchev–Trinajstić information content (AvgIpc) is 2.46. The molecule has 6 heteroatoms. The predicted octanol–water partition coefficient (Wildman–Crippen LogP) is 0.833. The summed E-state index contributed by atoms with van der Waals surface area (Å²) >= 11 is 0. The fourth-order valence-electron chi connectivity index (χ4n) is 2.43. The molecule has 2 rings (SSSR count). The summed E-state index contributed by atoms with van der Waals surface area (Å²) in [6, 6.07) is 6.82. The van der Waals surface area contributed by atoms with E-state index in [1.54, 1.807) is 29.2 Å². The Morgan fingerprint density at radius 2 is 1.81 bits per heavy atom. The highest BCUT2D eigenvalue weighted by molar-refractivity contribution is 5.96. The second kappa shape index (κ2) is 6.69. The maximum atomic E-state index is 12.4. The first-order chi connectivity index (χ1) is 9.99. The normalized spacial score (nSPS) is 22.0. The zero-order chi connectivity index (χ0) is 15.4. The first kappa shape index (κ1) is 15.5. The van der Waals surface area contributed by atoms with Crippen molar-refractivity contribution in [1.82, 2.24) is 4.90 Å². The van der Waals surface area contributed by atoms with Crippen LogP contribution >= 0.6 is 0 Å². The van der Waals surface area contributed by atoms with E-state index in [4.69, 9.17) is 10.5 Å². The number of anilines is 1. The second-order valence-electron chi connectivity index (χ2n) is 5.30. The minimum Gasteiger partial charge on any atom is -0.372 e. The number of carbonyl (C=O) groups excluding carboxylic acids is 2. The molecule has 1 heterocycles. The topological polar surface area (TPSA) is 84.7 Å². The third-order valence-corrected chi connectivity index (χ3v) is 3.31. The highest BCUT2D eigenvalue weighted by Gasteiger charge is 2.26. The summed E-state index contributed by atoms with van der Waals surface area (Å²) in [5.74, 6) is -0.279. The predicted molar refractivity (Wildman–Crippen MR) is 80.0 cm³/mol. The molecule has 0 radical (unpaired) electrons. The molecule has 1 aliphatic rings. The van der Waals surface area contributed by atoms with Crippen LogP contribution in [0.3, 0.4) is 0 Å². The number of morpholine rings is 1. The number of nitrogens with zero attached hydrogens (tertiary/aromatic N) is 1. The van der Waals surface area contributed by atoms with Crippen LogP contribution in [0.25, 0.3) is 0 Å². The number of ether oxygens (including phenoxy) is 1. The van der Waals surface area contributed by atoms with E-state index in [-0.39, 0.29) is 30.6 Å². The van der Waals surface area contributed by atoms with Crippen molar-refractivity contribution in [3.05, 3.63) is 29.8 Å². The van der Waals surface area contributed by atoms with Crippen molar-refractivity contribution >= 4 is 17.5 Å². The zero-order valence-corrected chi connectivity index (χ0v) is 12.3. The molecule has 114 valence electrons. The Morgan fingerprint density at radius 1 is 1.24 bits per heavy atom. The van der Waals surface area contributed by atoms with Crippen molar-refractivity contribution in [2.45, 2.75) is 26.1 Å². The lowest BCUT2D eigenvalue weighted by molar-refractivity contribution is -0.114. The molecule has 0 aliphatic carbocycles. The van der Waals surface area contributed by atoms with Crippen LogP contribution < -0.4 is 11.1 Å². The number of amides is 2. The van der Waals surface area contributed by atoms with Crippen LogP contribution in [0, 0.1) is 0 Å². The molecule has 0 aromatic heterocycles. The van der Waals surface area contributed by atoms with Gasteiger partial charge < -0.3 is 20.7 Å². The van der Waals surface area contributed by atoms with Gasteiger partial charge >= 0.3 is 0 Å². The van der Waals surface area contributed by atoms with Crippen LogP contribution in [0.1, 0.15) is 24.2 Å². The SMILES string of the molecule is CC1CN(C(=O)c2ccc(NC(=O)CN)cc2)CC(C)O1. The lowest BCUT2D eigenvalue weighted by atomic mass is 10.1. The van der Waals surface area contributed by atoms with Crippen molar-refractivity contribution in [3.8, 4) is 0 Å². The van der Waals surface area contributed by atoms with Crippen molar-refractivity contribution in [2.75, 3.05) is 25.0 Å². The summed E-state index contributed by atoms with van der Waals surface area (Å²) < 4.78 is 5.62. The molecule has 3 N–H and O–H groups in total. The van der Waals surface area contributed by atoms with Gasteiger partial charge in [0.25, 0.3) is 5.91 Å². The van der Waals surface area contributed by atoms with E-state index in [0.717, 1.165) is 0 Å². The van der Waals surface area contributed by atoms with Crippen molar-refractivity contribution in [3.63, 3.8) is 0 Å². The van der Waals surface area contributed by atoms with Gasteiger partial charge in [0, 0.05) is 24.3 Å². The average molecular weight is 291 g/mol. The fraction of sp³-hybridized carbons (Fsp3) is 0.467. The molecule has 1 saturated heterocycles. The second-order valence-corrected chi connectivity index (χ2v) is 5.30. The molecule has 0 bridgehead atoms. The molecule has 1 aliphatic heterocycles. The van der Waals surface area contributed by atoms with Gasteiger partial charge in [-0.2, -0.15) is 0 Å². The Bertz CT molecular complexity index is 505. The molecule has 2 atom stereocenters. The van der Waals surface area contributed by atoms with Gasteiger partial charge in [-0.05, 0) is 38.1 Å². The van der Waals surface area contributed by atoms with Gasteiger partial charge in [-0.15, -0.1) is 0 Å². The van der Waals surface area contributed by atoms with Crippen molar-refractivity contribution < 1.29 is 14.3 Å². The van der Waals surface area contributed by atoms with Gasteiger partial charge in [0.1, 0.15) is 0 Å². The monoisotopic (exact) mass is 291 g/mol. The molecule has 2 amide bonds. The van der Waals surface area contributed by atoms with E-state index >= 15 is 0 Å². The van der Waals surface area contributed by atoms with E-state index < -0.39 is 0 Å². The van der Waals surface area contributed by atoms with Gasteiger partial charge in [-0.25, -0.2) is 0 Å². The first-order valence-corrected chi connectivity index (χ1v) is 7.04. The standard InChI is InChI=1S/C15H21N3O3/c1-10-8-18(9-11(2)21-10)15(20)12-3-5-13(6-4-12)17-14(19)7-16/h3-6,10-11H,7-9,16H2,1-2H3,(H,17,19). The molecule has 1 aromatic rings. The van der Waals surface area contributed by atoms with E-state index in [9.17, 15) is 9.59 Å². The van der Waals surface area contributed by atoms with Gasteiger partial charge in [0.15, 0.2) is 0 Å². The minimum absolute atomic E-state index is 0.0197. The third kappa shape index (κ3) is 4.03. The van der Waals surface area contributed by atoms with Gasteiger partial charge in [0.05, 0.1) is 18.8 Å². The summed E-state index contributed by atoms with van der Waals surface area (Å²) in [6.45, 7) is 5.04. The summed E-state index contributed by atoms with van der Waals surface area (Å²) in [5.41, 5.74) is 6.47. The number of carbonyl (C=O) groups is 2. The number of hydrogen-bond acceptors (Lipinski definition) is 4. The molecule has 6 nitrogen and oxygen atoms in total.